The molecule has 146 valence electrons. The van der Waals surface area contributed by atoms with Crippen molar-refractivity contribution in [1.82, 2.24) is 25.4 Å². The topological polar surface area (TPSA) is 73.9 Å². The van der Waals surface area contributed by atoms with Crippen LogP contribution in [0.15, 0.2) is 30.3 Å². The van der Waals surface area contributed by atoms with E-state index in [2.05, 4.69) is 38.4 Å². The van der Waals surface area contributed by atoms with Crippen LogP contribution in [0, 0.1) is 13.8 Å². The smallest absolute Gasteiger partial charge is 0.252 e. The molecule has 1 aromatic carbocycles. The minimum atomic E-state index is -0.0619. The number of aromatic amines is 1. The molecule has 1 aliphatic rings. The second-order valence-electron chi connectivity index (χ2n) is 7.58. The van der Waals surface area contributed by atoms with Gasteiger partial charge in [0.15, 0.2) is 5.65 Å². The van der Waals surface area contributed by atoms with Crippen LogP contribution in [0.5, 0.6) is 0 Å². The molecule has 0 atom stereocenters. The Kier molecular flexibility index (Phi) is 5.39. The minimum Gasteiger partial charge on any atom is -0.352 e. The minimum absolute atomic E-state index is 0.0619. The summed E-state index contributed by atoms with van der Waals surface area (Å²) < 4.78 is 0. The highest BCUT2D eigenvalue weighted by molar-refractivity contribution is 6.07. The van der Waals surface area contributed by atoms with E-state index in [1.807, 2.05) is 31.2 Å². The summed E-state index contributed by atoms with van der Waals surface area (Å²) in [6.07, 6.45) is 3.56. The number of rotatable bonds is 6. The number of benzene rings is 1. The molecule has 1 amide bonds. The van der Waals surface area contributed by atoms with Gasteiger partial charge < -0.3 is 10.2 Å². The molecular formula is C22H27N5O. The third kappa shape index (κ3) is 3.78. The van der Waals surface area contributed by atoms with Gasteiger partial charge in [0, 0.05) is 17.8 Å². The Labute approximate surface area is 165 Å². The number of pyridine rings is 1. The number of nitrogens with one attached hydrogen (secondary N) is 2. The summed E-state index contributed by atoms with van der Waals surface area (Å²) in [5.41, 5.74) is 5.00. The van der Waals surface area contributed by atoms with Crippen molar-refractivity contribution in [3.05, 3.63) is 47.2 Å². The van der Waals surface area contributed by atoms with E-state index >= 15 is 0 Å². The average molecular weight is 377 g/mol. The molecule has 1 fully saturated rings. The Bertz CT molecular complexity index is 988. The van der Waals surface area contributed by atoms with Crippen molar-refractivity contribution in [2.45, 2.75) is 33.1 Å². The van der Waals surface area contributed by atoms with Crippen molar-refractivity contribution < 1.29 is 4.79 Å². The highest BCUT2D eigenvalue weighted by Crippen LogP contribution is 2.27. The highest BCUT2D eigenvalue weighted by Gasteiger charge is 2.18. The molecule has 6 heteroatoms. The molecule has 1 aliphatic heterocycles. The van der Waals surface area contributed by atoms with Crippen molar-refractivity contribution in [2.24, 2.45) is 0 Å². The molecule has 0 unspecified atom stereocenters. The van der Waals surface area contributed by atoms with E-state index in [0.717, 1.165) is 40.9 Å². The molecule has 4 rings (SSSR count). The third-order valence-electron chi connectivity index (χ3n) is 5.51. The number of hydrogen-bond acceptors (Lipinski definition) is 4. The average Bonchev–Trinajstić information content (AvgIpc) is 3.35. The van der Waals surface area contributed by atoms with Gasteiger partial charge in [-0.25, -0.2) is 4.98 Å². The fourth-order valence-corrected chi connectivity index (χ4v) is 3.96. The van der Waals surface area contributed by atoms with Gasteiger partial charge in [0.2, 0.25) is 0 Å². The maximum atomic E-state index is 13.0. The molecule has 28 heavy (non-hydrogen) atoms. The van der Waals surface area contributed by atoms with Gasteiger partial charge in [-0.2, -0.15) is 5.10 Å². The number of carbonyl (C=O) groups excluding carboxylic acids is 1. The quantitative estimate of drug-likeness (QED) is 0.645. The first kappa shape index (κ1) is 18.6. The second-order valence-corrected chi connectivity index (χ2v) is 7.58. The monoisotopic (exact) mass is 377 g/mol. The third-order valence-corrected chi connectivity index (χ3v) is 5.51. The van der Waals surface area contributed by atoms with Crippen LogP contribution in [0.25, 0.3) is 22.3 Å². The van der Waals surface area contributed by atoms with Gasteiger partial charge in [-0.05, 0) is 64.4 Å². The van der Waals surface area contributed by atoms with E-state index in [1.54, 1.807) is 0 Å². The molecule has 3 aromatic rings. The Hall–Kier alpha value is -2.73. The number of carbonyl (C=O) groups is 1. The molecule has 1 saturated heterocycles. The number of nitrogens with zero attached hydrogens (tertiary/aromatic N) is 3. The molecule has 0 aliphatic carbocycles. The predicted octanol–water partition coefficient (Wildman–Crippen LogP) is 3.46. The molecule has 6 nitrogen and oxygen atoms in total. The van der Waals surface area contributed by atoms with Gasteiger partial charge in [-0.3, -0.25) is 9.89 Å². The van der Waals surface area contributed by atoms with E-state index in [1.165, 1.54) is 25.9 Å². The van der Waals surface area contributed by atoms with Gasteiger partial charge in [0.05, 0.1) is 16.6 Å². The normalized spacial score (nSPS) is 14.6. The first-order valence-corrected chi connectivity index (χ1v) is 10.1. The fraction of sp³-hybridized carbons (Fsp3) is 0.409. The summed E-state index contributed by atoms with van der Waals surface area (Å²) in [6, 6.07) is 9.96. The van der Waals surface area contributed by atoms with Crippen LogP contribution in [0.4, 0.5) is 0 Å². The van der Waals surface area contributed by atoms with Crippen LogP contribution in [0.2, 0.25) is 0 Å². The van der Waals surface area contributed by atoms with Crippen LogP contribution < -0.4 is 5.32 Å². The number of amides is 1. The maximum absolute atomic E-state index is 13.0. The zero-order valence-electron chi connectivity index (χ0n) is 16.6. The lowest BCUT2D eigenvalue weighted by Gasteiger charge is -2.14. The Morgan fingerprint density at radius 3 is 2.79 bits per heavy atom. The molecule has 0 saturated carbocycles. The number of H-pyrrole nitrogens is 1. The number of hydrogen-bond donors (Lipinski definition) is 2. The predicted molar refractivity (Wildman–Crippen MR) is 111 cm³/mol. The Balaban J connectivity index is 1.57. The van der Waals surface area contributed by atoms with Crippen LogP contribution >= 0.6 is 0 Å². The standard InChI is InChI=1S/C22H27N5O/c1-15-8-3-4-9-17(15)19-14-18(20-16(2)25-26-21(20)24-19)22(28)23-10-7-13-27-11-5-6-12-27/h3-4,8-9,14H,5-7,10-13H2,1-2H3,(H,23,28)(H,24,25,26). The summed E-state index contributed by atoms with van der Waals surface area (Å²) in [4.78, 5) is 20.1. The molecule has 0 spiro atoms. The highest BCUT2D eigenvalue weighted by atomic mass is 16.1. The number of fused-ring (bicyclic) bond motifs is 1. The van der Waals surface area contributed by atoms with Crippen molar-refractivity contribution in [3.8, 4) is 11.3 Å². The van der Waals surface area contributed by atoms with Gasteiger partial charge in [-0.1, -0.05) is 24.3 Å². The van der Waals surface area contributed by atoms with Crippen LogP contribution in [0.3, 0.4) is 0 Å². The lowest BCUT2D eigenvalue weighted by molar-refractivity contribution is 0.0953. The molecule has 3 heterocycles. The first-order valence-electron chi connectivity index (χ1n) is 10.1. The number of likely N-dealkylation sites (tertiary alicyclic amines) is 1. The van der Waals surface area contributed by atoms with E-state index in [-0.39, 0.29) is 5.91 Å². The van der Waals surface area contributed by atoms with Crippen molar-refractivity contribution in [3.63, 3.8) is 0 Å². The number of aromatic nitrogens is 3. The van der Waals surface area contributed by atoms with Gasteiger partial charge in [0.25, 0.3) is 5.91 Å². The zero-order valence-corrected chi connectivity index (χ0v) is 16.6. The SMILES string of the molecule is Cc1ccccc1-c1cc(C(=O)NCCCN2CCCC2)c2c(C)[nH]nc2n1. The summed E-state index contributed by atoms with van der Waals surface area (Å²) in [6.45, 7) is 8.07. The fourth-order valence-electron chi connectivity index (χ4n) is 3.96. The Morgan fingerprint density at radius 2 is 2.00 bits per heavy atom. The van der Waals surface area contributed by atoms with E-state index in [4.69, 9.17) is 0 Å². The van der Waals surface area contributed by atoms with Gasteiger partial charge in [-0.15, -0.1) is 0 Å². The van der Waals surface area contributed by atoms with E-state index in [9.17, 15) is 4.79 Å². The molecule has 2 N–H and O–H groups in total. The summed E-state index contributed by atoms with van der Waals surface area (Å²) in [7, 11) is 0. The van der Waals surface area contributed by atoms with Crippen molar-refractivity contribution in [1.29, 1.82) is 0 Å². The summed E-state index contributed by atoms with van der Waals surface area (Å²) in [5, 5.41) is 11.2. The van der Waals surface area contributed by atoms with Gasteiger partial charge >= 0.3 is 0 Å². The molecule has 0 radical (unpaired) electrons. The first-order chi connectivity index (χ1) is 13.6. The largest absolute Gasteiger partial charge is 0.352 e. The van der Waals surface area contributed by atoms with Crippen molar-refractivity contribution >= 4 is 16.9 Å². The van der Waals surface area contributed by atoms with E-state index in [0.29, 0.717) is 17.8 Å². The summed E-state index contributed by atoms with van der Waals surface area (Å²) >= 11 is 0. The summed E-state index contributed by atoms with van der Waals surface area (Å²) in [5.74, 6) is -0.0619. The maximum Gasteiger partial charge on any atom is 0.252 e. The lowest BCUT2D eigenvalue weighted by atomic mass is 10.0. The van der Waals surface area contributed by atoms with Crippen LogP contribution in [0.1, 0.15) is 40.9 Å². The lowest BCUT2D eigenvalue weighted by Crippen LogP contribution is -2.28. The van der Waals surface area contributed by atoms with Crippen molar-refractivity contribution in [2.75, 3.05) is 26.2 Å². The molecular weight excluding hydrogens is 350 g/mol. The second kappa shape index (κ2) is 8.10. The Morgan fingerprint density at radius 1 is 1.21 bits per heavy atom. The van der Waals surface area contributed by atoms with Crippen LogP contribution in [-0.2, 0) is 0 Å². The van der Waals surface area contributed by atoms with Gasteiger partial charge in [0.1, 0.15) is 0 Å². The molecule has 2 aromatic heterocycles. The number of aryl methyl sites for hydroxylation is 2. The zero-order chi connectivity index (χ0) is 19.5. The van der Waals surface area contributed by atoms with E-state index < -0.39 is 0 Å². The molecule has 0 bridgehead atoms. The van der Waals surface area contributed by atoms with Crippen LogP contribution in [-0.4, -0.2) is 52.2 Å².